The zero-order chi connectivity index (χ0) is 45.4. The summed E-state index contributed by atoms with van der Waals surface area (Å²) in [4.78, 5) is 10.6. The SMILES string of the molecule is CC(C)(C)c1cc(-c2cc(-c3cccc4c5ccccc5n(-c5ccccc5)c34)ccn2)cc(-c2cccc3c2nc(-c2cc(C(C)(C)C)cc(C(C)(C)C)c2O)n3-c2ccccc2)c1. The fourth-order valence-corrected chi connectivity index (χ4v) is 9.38. The molecule has 0 saturated heterocycles. The number of para-hydroxylation sites is 5. The molecule has 5 heteroatoms. The summed E-state index contributed by atoms with van der Waals surface area (Å²) < 4.78 is 4.60. The van der Waals surface area contributed by atoms with Crippen LogP contribution in [0.15, 0.2) is 170 Å². The Hall–Kier alpha value is -7.24. The monoisotopic (exact) mass is 848 g/mol. The van der Waals surface area contributed by atoms with Crippen molar-refractivity contribution in [3.63, 3.8) is 0 Å². The van der Waals surface area contributed by atoms with Crippen molar-refractivity contribution in [2.45, 2.75) is 78.6 Å². The van der Waals surface area contributed by atoms with E-state index in [4.69, 9.17) is 9.97 Å². The van der Waals surface area contributed by atoms with E-state index < -0.39 is 0 Å². The lowest BCUT2D eigenvalue weighted by atomic mass is 9.79. The van der Waals surface area contributed by atoms with Crippen molar-refractivity contribution in [2.75, 3.05) is 0 Å². The van der Waals surface area contributed by atoms with Crippen molar-refractivity contribution in [1.82, 2.24) is 19.1 Å². The molecule has 0 saturated carbocycles. The lowest BCUT2D eigenvalue weighted by molar-refractivity contribution is 0.446. The molecule has 7 aromatic carbocycles. The van der Waals surface area contributed by atoms with Gasteiger partial charge in [0.1, 0.15) is 11.6 Å². The van der Waals surface area contributed by atoms with E-state index in [1.807, 2.05) is 12.3 Å². The first-order valence-corrected chi connectivity index (χ1v) is 22.7. The summed E-state index contributed by atoms with van der Waals surface area (Å²) in [5, 5.41) is 14.7. The van der Waals surface area contributed by atoms with Crippen LogP contribution in [-0.4, -0.2) is 24.2 Å². The maximum atomic E-state index is 12.3. The molecule has 3 aromatic heterocycles. The third-order valence-electron chi connectivity index (χ3n) is 12.9. The summed E-state index contributed by atoms with van der Waals surface area (Å²) in [7, 11) is 0. The number of phenols is 1. The van der Waals surface area contributed by atoms with Gasteiger partial charge in [0, 0.05) is 50.6 Å². The number of hydrogen-bond acceptors (Lipinski definition) is 3. The van der Waals surface area contributed by atoms with Crippen LogP contribution in [0, 0.1) is 0 Å². The summed E-state index contributed by atoms with van der Waals surface area (Å²) in [6, 6.07) is 58.4. The van der Waals surface area contributed by atoms with Crippen molar-refractivity contribution >= 4 is 32.8 Å². The van der Waals surface area contributed by atoms with E-state index in [1.54, 1.807) is 0 Å². The fraction of sp³-hybridized carbons (Fsp3) is 0.200. The number of aromatic nitrogens is 4. The molecule has 3 heterocycles. The van der Waals surface area contributed by atoms with Gasteiger partial charge in [-0.2, -0.15) is 0 Å². The predicted octanol–water partition coefficient (Wildman–Crippen LogP) is 15.8. The smallest absolute Gasteiger partial charge is 0.149 e. The van der Waals surface area contributed by atoms with Gasteiger partial charge in [0.15, 0.2) is 0 Å². The van der Waals surface area contributed by atoms with Gasteiger partial charge >= 0.3 is 0 Å². The molecule has 0 amide bonds. The van der Waals surface area contributed by atoms with Crippen molar-refractivity contribution in [1.29, 1.82) is 0 Å². The highest BCUT2D eigenvalue weighted by atomic mass is 16.3. The molecule has 0 atom stereocenters. The first-order valence-electron chi connectivity index (χ1n) is 22.7. The second-order valence-electron chi connectivity index (χ2n) is 20.6. The average molecular weight is 849 g/mol. The number of hydrogen-bond donors (Lipinski definition) is 1. The zero-order valence-corrected chi connectivity index (χ0v) is 38.9. The van der Waals surface area contributed by atoms with E-state index in [1.165, 1.54) is 27.4 Å². The van der Waals surface area contributed by atoms with Gasteiger partial charge in [0.25, 0.3) is 0 Å². The van der Waals surface area contributed by atoms with E-state index in [2.05, 4.69) is 229 Å². The van der Waals surface area contributed by atoms with Crippen molar-refractivity contribution in [3.8, 4) is 62.0 Å². The van der Waals surface area contributed by atoms with Gasteiger partial charge in [-0.05, 0) is 105 Å². The van der Waals surface area contributed by atoms with Crippen LogP contribution in [-0.2, 0) is 16.2 Å². The molecule has 0 aliphatic rings. The van der Waals surface area contributed by atoms with Gasteiger partial charge < -0.3 is 9.67 Å². The zero-order valence-electron chi connectivity index (χ0n) is 38.9. The maximum Gasteiger partial charge on any atom is 0.149 e. The lowest BCUT2D eigenvalue weighted by Crippen LogP contribution is -2.17. The van der Waals surface area contributed by atoms with Crippen molar-refractivity contribution in [3.05, 3.63) is 187 Å². The average Bonchev–Trinajstić information content (AvgIpc) is 3.85. The summed E-state index contributed by atoms with van der Waals surface area (Å²) in [5.41, 5.74) is 15.9. The number of pyridine rings is 1. The molecule has 5 nitrogen and oxygen atoms in total. The predicted molar refractivity (Wildman–Crippen MR) is 273 cm³/mol. The van der Waals surface area contributed by atoms with Crippen LogP contribution in [0.4, 0.5) is 0 Å². The lowest BCUT2D eigenvalue weighted by Gasteiger charge is -2.27. The number of benzene rings is 7. The van der Waals surface area contributed by atoms with Crippen LogP contribution in [0.5, 0.6) is 5.75 Å². The minimum Gasteiger partial charge on any atom is -0.507 e. The molecular weight excluding hydrogens is 793 g/mol. The van der Waals surface area contributed by atoms with Gasteiger partial charge in [-0.25, -0.2) is 4.98 Å². The highest BCUT2D eigenvalue weighted by Crippen LogP contribution is 2.45. The van der Waals surface area contributed by atoms with Crippen LogP contribution >= 0.6 is 0 Å². The molecule has 0 aliphatic carbocycles. The third kappa shape index (κ3) is 7.39. The molecule has 0 bridgehead atoms. The van der Waals surface area contributed by atoms with Crippen LogP contribution in [0.1, 0.15) is 79.0 Å². The Morgan fingerprint density at radius 2 is 1.03 bits per heavy atom. The standard InChI is InChI=1S/C60H56N4O/c1-58(2,3)41-33-39(32-40(34-41)51-35-38(30-31-61-51)46-26-18-27-48-47-24-16-17-28-52(47)63(55(46)48)43-20-12-10-13-21-43)45-25-19-29-53-54(45)62-57(64(53)44-22-14-11-15-23-44)49-36-42(59(4,5)6)37-50(56(49)65)60(7,8)9/h10-37,65H,1-9H3. The van der Waals surface area contributed by atoms with E-state index in [0.717, 1.165) is 72.6 Å². The van der Waals surface area contributed by atoms with Gasteiger partial charge in [-0.15, -0.1) is 0 Å². The Labute approximate surface area is 382 Å². The van der Waals surface area contributed by atoms with Crippen LogP contribution in [0.3, 0.4) is 0 Å². The molecule has 10 rings (SSSR count). The number of rotatable bonds is 6. The molecule has 65 heavy (non-hydrogen) atoms. The Morgan fingerprint density at radius 3 is 1.72 bits per heavy atom. The number of imidazole rings is 1. The van der Waals surface area contributed by atoms with E-state index >= 15 is 0 Å². The van der Waals surface area contributed by atoms with Gasteiger partial charge in [-0.3, -0.25) is 9.55 Å². The second-order valence-corrected chi connectivity index (χ2v) is 20.6. The highest BCUT2D eigenvalue weighted by molar-refractivity contribution is 6.14. The first kappa shape index (κ1) is 41.8. The second kappa shape index (κ2) is 15.5. The van der Waals surface area contributed by atoms with Crippen molar-refractivity contribution in [2.24, 2.45) is 0 Å². The number of aromatic hydroxyl groups is 1. The van der Waals surface area contributed by atoms with E-state index in [-0.39, 0.29) is 22.0 Å². The van der Waals surface area contributed by atoms with E-state index in [0.29, 0.717) is 5.82 Å². The normalized spacial score (nSPS) is 12.4. The Balaban J connectivity index is 1.19. The minimum atomic E-state index is -0.295. The molecule has 0 fully saturated rings. The molecule has 1 N–H and O–H groups in total. The van der Waals surface area contributed by atoms with Gasteiger partial charge in [0.05, 0.1) is 33.3 Å². The number of fused-ring (bicyclic) bond motifs is 4. The van der Waals surface area contributed by atoms with Crippen LogP contribution in [0.25, 0.3) is 89.1 Å². The van der Waals surface area contributed by atoms with Gasteiger partial charge in [-0.1, -0.05) is 159 Å². The largest absolute Gasteiger partial charge is 0.507 e. The topological polar surface area (TPSA) is 55.9 Å². The van der Waals surface area contributed by atoms with Crippen LogP contribution in [0.2, 0.25) is 0 Å². The molecule has 0 aliphatic heterocycles. The Kier molecular flexibility index (Phi) is 9.95. The van der Waals surface area contributed by atoms with Gasteiger partial charge in [0.2, 0.25) is 0 Å². The van der Waals surface area contributed by atoms with Crippen LogP contribution < -0.4 is 0 Å². The summed E-state index contributed by atoms with van der Waals surface area (Å²) in [5.74, 6) is 0.971. The minimum absolute atomic E-state index is 0.154. The first-order chi connectivity index (χ1) is 31.1. The summed E-state index contributed by atoms with van der Waals surface area (Å²) >= 11 is 0. The molecular formula is C60H56N4O. The number of phenolic OH excluding ortho intramolecular Hbond substituents is 1. The Bertz CT molecular complexity index is 3430. The summed E-state index contributed by atoms with van der Waals surface area (Å²) in [6.45, 7) is 20.0. The third-order valence-corrected chi connectivity index (χ3v) is 12.9. The molecule has 0 radical (unpaired) electrons. The maximum absolute atomic E-state index is 12.3. The molecule has 322 valence electrons. The number of nitrogens with zero attached hydrogens (tertiary/aromatic N) is 4. The highest BCUT2D eigenvalue weighted by Gasteiger charge is 2.29. The quantitative estimate of drug-likeness (QED) is 0.181. The molecule has 10 aromatic rings. The van der Waals surface area contributed by atoms with Crippen molar-refractivity contribution < 1.29 is 5.11 Å². The Morgan fingerprint density at radius 1 is 0.446 bits per heavy atom. The summed E-state index contributed by atoms with van der Waals surface area (Å²) in [6.07, 6.45) is 1.95. The molecule has 0 unspecified atom stereocenters. The fourth-order valence-electron chi connectivity index (χ4n) is 9.38. The van der Waals surface area contributed by atoms with E-state index in [9.17, 15) is 5.11 Å². The molecule has 0 spiro atoms.